The Morgan fingerprint density at radius 1 is 1.13 bits per heavy atom. The van der Waals surface area contributed by atoms with Crippen LogP contribution in [-0.2, 0) is 0 Å². The molecule has 1 saturated heterocycles. The molecule has 2 aromatic heterocycles. The number of amides is 1. The number of carbonyl (C=O) groups excluding carboxylic acids is 1. The summed E-state index contributed by atoms with van der Waals surface area (Å²) in [5, 5.41) is 1.54. The first-order valence-corrected chi connectivity index (χ1v) is 10.9. The predicted octanol–water partition coefficient (Wildman–Crippen LogP) is 4.45. The summed E-state index contributed by atoms with van der Waals surface area (Å²) in [6.45, 7) is 6.81. The van der Waals surface area contributed by atoms with Gasteiger partial charge in [0.05, 0.1) is 18.4 Å². The Hall–Kier alpha value is -2.64. The van der Waals surface area contributed by atoms with Gasteiger partial charge < -0.3 is 14.5 Å². The summed E-state index contributed by atoms with van der Waals surface area (Å²) in [4.78, 5) is 27.4. The highest BCUT2D eigenvalue weighted by molar-refractivity contribution is 7.15. The van der Waals surface area contributed by atoms with Crippen LogP contribution in [0, 0.1) is 13.8 Å². The van der Waals surface area contributed by atoms with Crippen LogP contribution in [0.3, 0.4) is 0 Å². The third-order valence-electron chi connectivity index (χ3n) is 5.31. The molecule has 0 saturated carbocycles. The number of halogens is 1. The van der Waals surface area contributed by atoms with E-state index in [9.17, 15) is 4.79 Å². The molecule has 6 nitrogen and oxygen atoms in total. The van der Waals surface area contributed by atoms with Gasteiger partial charge >= 0.3 is 0 Å². The van der Waals surface area contributed by atoms with Crippen LogP contribution >= 0.6 is 22.9 Å². The molecule has 4 rings (SSSR count). The fraction of sp³-hybridized carbons (Fsp3) is 0.318. The van der Waals surface area contributed by atoms with E-state index in [1.807, 2.05) is 24.1 Å². The number of nitrogens with zero attached hydrogens (tertiary/aromatic N) is 4. The zero-order valence-electron chi connectivity index (χ0n) is 17.2. The third-order valence-corrected chi connectivity index (χ3v) is 6.67. The number of hydrogen-bond donors (Lipinski definition) is 0. The maximum absolute atomic E-state index is 12.9. The number of anilines is 1. The first kappa shape index (κ1) is 20.6. The van der Waals surface area contributed by atoms with Gasteiger partial charge in [-0.25, -0.2) is 9.97 Å². The van der Waals surface area contributed by atoms with Gasteiger partial charge in [-0.2, -0.15) is 0 Å². The summed E-state index contributed by atoms with van der Waals surface area (Å²) in [5.74, 6) is 1.38. The van der Waals surface area contributed by atoms with Gasteiger partial charge in [0.1, 0.15) is 16.6 Å². The number of aryl methyl sites for hydroxylation is 2. The largest absolute Gasteiger partial charge is 0.496 e. The Balaban J connectivity index is 1.41. The van der Waals surface area contributed by atoms with E-state index in [4.69, 9.17) is 16.3 Å². The van der Waals surface area contributed by atoms with Crippen LogP contribution in [0.4, 0.5) is 5.82 Å². The normalized spacial score (nSPS) is 14.1. The van der Waals surface area contributed by atoms with Crippen molar-refractivity contribution in [2.24, 2.45) is 0 Å². The van der Waals surface area contributed by atoms with Crippen LogP contribution in [0.5, 0.6) is 5.75 Å². The van der Waals surface area contributed by atoms with E-state index in [-0.39, 0.29) is 5.91 Å². The number of piperazine rings is 1. The molecule has 0 N–H and O–H groups in total. The molecule has 1 aromatic carbocycles. The second kappa shape index (κ2) is 8.62. The number of aromatic nitrogens is 2. The number of carbonyl (C=O) groups is 1. The van der Waals surface area contributed by atoms with Crippen LogP contribution < -0.4 is 9.64 Å². The highest BCUT2D eigenvalue weighted by atomic mass is 35.5. The van der Waals surface area contributed by atoms with E-state index in [2.05, 4.69) is 27.9 Å². The van der Waals surface area contributed by atoms with Crippen molar-refractivity contribution in [2.75, 3.05) is 38.2 Å². The topological polar surface area (TPSA) is 58.6 Å². The number of thiazole rings is 1. The number of methoxy groups -OCH3 is 1. The van der Waals surface area contributed by atoms with Crippen molar-refractivity contribution >= 4 is 34.7 Å². The quantitative estimate of drug-likeness (QED) is 0.597. The Morgan fingerprint density at radius 2 is 1.90 bits per heavy atom. The second-order valence-electron chi connectivity index (χ2n) is 7.19. The highest BCUT2D eigenvalue weighted by Crippen LogP contribution is 2.28. The zero-order valence-corrected chi connectivity index (χ0v) is 18.8. The fourth-order valence-electron chi connectivity index (χ4n) is 3.45. The first-order chi connectivity index (χ1) is 14.5. The standard InChI is InChI=1S/C22H23ClN4O2S/c1-14-15(2)30-21(25-14)16-4-7-20(24-13-16)26-8-10-27(11-9-26)22(28)18-6-5-17(23)12-19(18)29-3/h4-7,12-13H,8-11H2,1-3H3. The van der Waals surface area contributed by atoms with Crippen LogP contribution in [0.2, 0.25) is 5.02 Å². The number of pyridine rings is 1. The van der Waals surface area contributed by atoms with Crippen LogP contribution in [0.15, 0.2) is 36.5 Å². The zero-order chi connectivity index (χ0) is 21.3. The smallest absolute Gasteiger partial charge is 0.257 e. The number of rotatable bonds is 4. The fourth-order valence-corrected chi connectivity index (χ4v) is 4.51. The number of benzene rings is 1. The van der Waals surface area contributed by atoms with Crippen LogP contribution in [0.1, 0.15) is 20.9 Å². The van der Waals surface area contributed by atoms with Crippen molar-refractivity contribution in [3.05, 3.63) is 57.7 Å². The van der Waals surface area contributed by atoms with E-state index in [1.165, 1.54) is 4.88 Å². The average Bonchev–Trinajstić information content (AvgIpc) is 3.11. The summed E-state index contributed by atoms with van der Waals surface area (Å²) in [6.07, 6.45) is 1.88. The predicted molar refractivity (Wildman–Crippen MR) is 121 cm³/mol. The molecule has 0 bridgehead atoms. The van der Waals surface area contributed by atoms with E-state index < -0.39 is 0 Å². The van der Waals surface area contributed by atoms with Crippen molar-refractivity contribution in [1.82, 2.24) is 14.9 Å². The Labute approximate surface area is 185 Å². The van der Waals surface area contributed by atoms with Gasteiger partial charge in [0.15, 0.2) is 0 Å². The SMILES string of the molecule is COc1cc(Cl)ccc1C(=O)N1CCN(c2ccc(-c3nc(C)c(C)s3)cn2)CC1. The lowest BCUT2D eigenvalue weighted by atomic mass is 10.1. The number of hydrogen-bond acceptors (Lipinski definition) is 6. The van der Waals surface area contributed by atoms with Crippen molar-refractivity contribution in [3.63, 3.8) is 0 Å². The first-order valence-electron chi connectivity index (χ1n) is 9.74. The molecular formula is C22H23ClN4O2S. The Morgan fingerprint density at radius 3 is 2.50 bits per heavy atom. The molecule has 0 aliphatic carbocycles. The molecule has 0 spiro atoms. The van der Waals surface area contributed by atoms with Gasteiger partial charge in [0.25, 0.3) is 5.91 Å². The van der Waals surface area contributed by atoms with E-state index in [0.717, 1.165) is 35.2 Å². The highest BCUT2D eigenvalue weighted by Gasteiger charge is 2.25. The molecule has 3 heterocycles. The lowest BCUT2D eigenvalue weighted by Crippen LogP contribution is -2.49. The molecule has 1 amide bonds. The van der Waals surface area contributed by atoms with Gasteiger partial charge in [-0.15, -0.1) is 11.3 Å². The maximum Gasteiger partial charge on any atom is 0.257 e. The molecule has 156 valence electrons. The average molecular weight is 443 g/mol. The molecule has 8 heteroatoms. The van der Waals surface area contributed by atoms with Gasteiger partial charge in [-0.1, -0.05) is 11.6 Å². The minimum Gasteiger partial charge on any atom is -0.496 e. The van der Waals surface area contributed by atoms with E-state index >= 15 is 0 Å². The van der Waals surface area contributed by atoms with Gasteiger partial charge in [-0.05, 0) is 44.2 Å². The molecule has 1 fully saturated rings. The lowest BCUT2D eigenvalue weighted by Gasteiger charge is -2.35. The summed E-state index contributed by atoms with van der Waals surface area (Å²) >= 11 is 7.70. The Bertz CT molecular complexity index is 1040. The molecule has 0 unspecified atom stereocenters. The second-order valence-corrected chi connectivity index (χ2v) is 8.83. The van der Waals surface area contributed by atoms with Crippen molar-refractivity contribution < 1.29 is 9.53 Å². The van der Waals surface area contributed by atoms with Gasteiger partial charge in [0.2, 0.25) is 0 Å². The molecule has 30 heavy (non-hydrogen) atoms. The van der Waals surface area contributed by atoms with Crippen LogP contribution in [0.25, 0.3) is 10.6 Å². The van der Waals surface area contributed by atoms with E-state index in [1.54, 1.807) is 36.6 Å². The maximum atomic E-state index is 12.9. The molecule has 0 radical (unpaired) electrons. The van der Waals surface area contributed by atoms with Crippen molar-refractivity contribution in [2.45, 2.75) is 13.8 Å². The molecule has 1 aliphatic rings. The third kappa shape index (κ3) is 4.13. The minimum absolute atomic E-state index is 0.0408. The molecular weight excluding hydrogens is 420 g/mol. The molecule has 1 aliphatic heterocycles. The monoisotopic (exact) mass is 442 g/mol. The van der Waals surface area contributed by atoms with Gasteiger partial charge in [0, 0.05) is 47.8 Å². The number of ether oxygens (including phenoxy) is 1. The van der Waals surface area contributed by atoms with Crippen molar-refractivity contribution in [3.8, 4) is 16.3 Å². The minimum atomic E-state index is -0.0408. The van der Waals surface area contributed by atoms with Gasteiger partial charge in [-0.3, -0.25) is 4.79 Å². The summed E-state index contributed by atoms with van der Waals surface area (Å²) in [5.41, 5.74) is 2.63. The van der Waals surface area contributed by atoms with E-state index in [0.29, 0.717) is 29.4 Å². The lowest BCUT2D eigenvalue weighted by molar-refractivity contribution is 0.0743. The van der Waals surface area contributed by atoms with Crippen molar-refractivity contribution in [1.29, 1.82) is 0 Å². The van der Waals surface area contributed by atoms with Crippen LogP contribution in [-0.4, -0.2) is 54.1 Å². The molecule has 3 aromatic rings. The summed E-state index contributed by atoms with van der Waals surface area (Å²) in [7, 11) is 1.55. The summed E-state index contributed by atoms with van der Waals surface area (Å²) in [6, 6.07) is 9.20. The molecule has 0 atom stereocenters. The summed E-state index contributed by atoms with van der Waals surface area (Å²) < 4.78 is 5.33. The Kier molecular flexibility index (Phi) is 5.92.